The Balaban J connectivity index is 1.53. The molecule has 2 aliphatic heterocycles. The van der Waals surface area contributed by atoms with E-state index in [4.69, 9.17) is 33.7 Å². The molecule has 2 aromatic carbocycles. The van der Waals surface area contributed by atoms with Crippen LogP contribution in [0.5, 0.6) is 17.2 Å². The summed E-state index contributed by atoms with van der Waals surface area (Å²) in [6.07, 6.45) is 15.0. The van der Waals surface area contributed by atoms with Crippen molar-refractivity contribution >= 4 is 23.6 Å². The molecule has 0 radical (unpaired) electrons. The van der Waals surface area contributed by atoms with Gasteiger partial charge in [0.05, 0.1) is 31.5 Å². The molecule has 2 fully saturated rings. The summed E-state index contributed by atoms with van der Waals surface area (Å²) in [4.78, 5) is 22.8. The first-order chi connectivity index (χ1) is 27.9. The van der Waals surface area contributed by atoms with Crippen LogP contribution in [0.4, 0.5) is 4.79 Å². The lowest BCUT2D eigenvalue weighted by molar-refractivity contribution is -0.254. The average Bonchev–Trinajstić information content (AvgIpc) is 3.24. The van der Waals surface area contributed by atoms with E-state index in [0.717, 1.165) is 66.7 Å². The number of aliphatic hydroxyl groups excluding tert-OH is 2. The first-order valence-corrected chi connectivity index (χ1v) is 21.8. The van der Waals surface area contributed by atoms with Gasteiger partial charge in [0.2, 0.25) is 12.1 Å². The predicted molar refractivity (Wildman–Crippen MR) is 222 cm³/mol. The number of likely N-dealkylation sites (N-methyl/N-ethyl adjacent to an activating group) is 1. The molecule has 11 nitrogen and oxygen atoms in total. The van der Waals surface area contributed by atoms with Crippen LogP contribution in [0.3, 0.4) is 0 Å². The Hall–Kier alpha value is -3.81. The van der Waals surface area contributed by atoms with Gasteiger partial charge < -0.3 is 43.6 Å². The zero-order chi connectivity index (χ0) is 40.2. The fraction of sp³-hybridized carbons (Fsp3) is 0.556. The minimum Gasteiger partial charge on any atom is -0.459 e. The van der Waals surface area contributed by atoms with Gasteiger partial charge in [0.15, 0.2) is 0 Å². The number of carbonyl (C=O) groups excluding carboxylic acids is 1. The summed E-state index contributed by atoms with van der Waals surface area (Å²) < 4.78 is 32.4. The molecule has 0 spiro atoms. The van der Waals surface area contributed by atoms with Crippen LogP contribution in [0.2, 0.25) is 0 Å². The number of thioether (sulfide) groups is 1. The number of nitrogens with zero attached hydrogens (tertiary/aromatic N) is 2. The first kappa shape index (κ1) is 42.8. The number of benzene rings is 2. The number of unbranched alkanes of at least 4 members (excludes halogenated alkanes) is 2. The van der Waals surface area contributed by atoms with Gasteiger partial charge in [-0.15, -0.1) is 24.9 Å². The molecule has 2 aliphatic carbocycles. The van der Waals surface area contributed by atoms with Gasteiger partial charge in [-0.05, 0) is 111 Å². The maximum atomic E-state index is 13.9. The van der Waals surface area contributed by atoms with E-state index in [1.54, 1.807) is 35.9 Å². The molecule has 1 amide bonds. The second kappa shape index (κ2) is 20.7. The molecule has 2 aromatic rings. The largest absolute Gasteiger partial charge is 0.459 e. The molecule has 1 saturated heterocycles. The van der Waals surface area contributed by atoms with Gasteiger partial charge in [0.1, 0.15) is 23.3 Å². The van der Waals surface area contributed by atoms with Crippen LogP contribution in [0.15, 0.2) is 89.5 Å². The summed E-state index contributed by atoms with van der Waals surface area (Å²) in [6, 6.07) is 13.3. The number of fused-ring (bicyclic) bond motifs is 2. The fourth-order valence-electron chi connectivity index (χ4n) is 8.95. The van der Waals surface area contributed by atoms with Crippen LogP contribution in [0.25, 0.3) is 0 Å². The zero-order valence-electron chi connectivity index (χ0n) is 33.5. The molecule has 6 rings (SSSR count). The SMILES string of the molecule is C=CCCOC(=O)N(C)[C@H]1CC(=NOC2CCCCO2)C2=C[C@H](CCCCO)[C@@H](CCCCO)[C@@H]3c4cc(Oc5ccc(SC)cc5)ccc4O[C@@]1(OCC=C)[C@H]23. The van der Waals surface area contributed by atoms with Crippen molar-refractivity contribution in [1.29, 1.82) is 0 Å². The molecule has 1 unspecified atom stereocenters. The molecule has 2 heterocycles. The molecular formula is C45H60N2O9S. The Bertz CT molecular complexity index is 1710. The molecule has 4 aliphatic rings. The summed E-state index contributed by atoms with van der Waals surface area (Å²) in [6.45, 7) is 8.98. The van der Waals surface area contributed by atoms with Gasteiger partial charge in [-0.2, -0.15) is 0 Å². The quantitative estimate of drug-likeness (QED) is 0.0579. The molecular weight excluding hydrogens is 745 g/mol. The van der Waals surface area contributed by atoms with Crippen molar-refractivity contribution in [2.24, 2.45) is 22.9 Å². The number of rotatable bonds is 20. The highest BCUT2D eigenvalue weighted by Crippen LogP contribution is 2.62. The molecule has 2 N–H and O–H groups in total. The highest BCUT2D eigenvalue weighted by Gasteiger charge is 2.65. The number of ether oxygens (including phenoxy) is 5. The van der Waals surface area contributed by atoms with Crippen molar-refractivity contribution in [2.75, 3.05) is 46.3 Å². The van der Waals surface area contributed by atoms with Gasteiger partial charge in [0, 0.05) is 49.5 Å². The molecule has 310 valence electrons. The lowest BCUT2D eigenvalue weighted by Crippen LogP contribution is -2.69. The van der Waals surface area contributed by atoms with Crippen LogP contribution >= 0.6 is 11.8 Å². The fourth-order valence-corrected chi connectivity index (χ4v) is 9.35. The van der Waals surface area contributed by atoms with E-state index in [2.05, 4.69) is 25.3 Å². The third kappa shape index (κ3) is 9.91. The summed E-state index contributed by atoms with van der Waals surface area (Å²) in [5.74, 6) is 0.260. The number of hydrogen-bond donors (Lipinski definition) is 2. The van der Waals surface area contributed by atoms with Gasteiger partial charge in [0.25, 0.3) is 0 Å². The first-order valence-electron chi connectivity index (χ1n) is 20.6. The van der Waals surface area contributed by atoms with Crippen molar-refractivity contribution in [3.8, 4) is 17.2 Å². The predicted octanol–water partition coefficient (Wildman–Crippen LogP) is 9.01. The standard InChI is InChI=1S/C45H60N2O9S/c1-5-7-26-52-44(50)47(3)40-30-38(46-56-41-16-10-13-27-51-41)36-28-31(14-8-11-23-48)35(15-9-12-24-49)42-37-29-33(54-32-17-20-34(57-4)21-18-32)19-22-39(37)55-45(40,43(36)42)53-25-6-2/h5-6,17-22,28-29,31,35,40-43,48-49H,1-2,7-16,23-27,30H2,3-4H3/t31-,35+,40-,41?,42+,43+,45+/m0/s1. The van der Waals surface area contributed by atoms with Gasteiger partial charge in [-0.3, -0.25) is 0 Å². The number of hydrogen-bond acceptors (Lipinski definition) is 11. The van der Waals surface area contributed by atoms with Gasteiger partial charge in [-0.25, -0.2) is 4.79 Å². The minimum absolute atomic E-state index is 0.0851. The second-order valence-corrected chi connectivity index (χ2v) is 16.1. The van der Waals surface area contributed by atoms with Crippen LogP contribution in [0.1, 0.15) is 82.1 Å². The number of aliphatic hydroxyl groups is 2. The van der Waals surface area contributed by atoms with E-state index in [-0.39, 0.29) is 50.6 Å². The van der Waals surface area contributed by atoms with Crippen molar-refractivity contribution in [1.82, 2.24) is 4.90 Å². The highest BCUT2D eigenvalue weighted by molar-refractivity contribution is 7.98. The third-order valence-electron chi connectivity index (χ3n) is 11.7. The molecule has 57 heavy (non-hydrogen) atoms. The van der Waals surface area contributed by atoms with Crippen LogP contribution in [-0.4, -0.2) is 91.4 Å². The van der Waals surface area contributed by atoms with Crippen LogP contribution in [0, 0.1) is 17.8 Å². The number of allylic oxidation sites excluding steroid dienone is 1. The van der Waals surface area contributed by atoms with Crippen LogP contribution in [-0.2, 0) is 19.0 Å². The monoisotopic (exact) mass is 804 g/mol. The summed E-state index contributed by atoms with van der Waals surface area (Å²) in [7, 11) is 1.73. The third-order valence-corrected chi connectivity index (χ3v) is 12.4. The van der Waals surface area contributed by atoms with E-state index in [0.29, 0.717) is 43.1 Å². The maximum Gasteiger partial charge on any atom is 0.409 e. The number of carbonyl (C=O) groups is 1. The van der Waals surface area contributed by atoms with E-state index in [1.807, 2.05) is 42.7 Å². The van der Waals surface area contributed by atoms with Crippen molar-refractivity contribution in [3.05, 3.63) is 85.0 Å². The van der Waals surface area contributed by atoms with E-state index in [9.17, 15) is 15.0 Å². The van der Waals surface area contributed by atoms with E-state index < -0.39 is 30.1 Å². The normalized spacial score (nSPS) is 26.9. The second-order valence-electron chi connectivity index (χ2n) is 15.3. The molecule has 0 aromatic heterocycles. The molecule has 1 saturated carbocycles. The Morgan fingerprint density at radius 1 is 1.04 bits per heavy atom. The topological polar surface area (TPSA) is 129 Å². The van der Waals surface area contributed by atoms with Gasteiger partial charge >= 0.3 is 6.09 Å². The Kier molecular flexibility index (Phi) is 15.6. The van der Waals surface area contributed by atoms with Crippen molar-refractivity contribution < 1.29 is 43.5 Å². The van der Waals surface area contributed by atoms with E-state index in [1.165, 1.54) is 0 Å². The summed E-state index contributed by atoms with van der Waals surface area (Å²) in [5.41, 5.74) is 2.65. The minimum atomic E-state index is -1.37. The highest BCUT2D eigenvalue weighted by atomic mass is 32.2. The summed E-state index contributed by atoms with van der Waals surface area (Å²) in [5, 5.41) is 24.6. The smallest absolute Gasteiger partial charge is 0.409 e. The summed E-state index contributed by atoms with van der Waals surface area (Å²) >= 11 is 1.68. The van der Waals surface area contributed by atoms with Gasteiger partial charge in [-0.1, -0.05) is 36.2 Å². The Morgan fingerprint density at radius 2 is 1.81 bits per heavy atom. The Morgan fingerprint density at radius 3 is 2.51 bits per heavy atom. The molecule has 7 atom stereocenters. The number of oxime groups is 1. The maximum absolute atomic E-state index is 13.9. The molecule has 12 heteroatoms. The zero-order valence-corrected chi connectivity index (χ0v) is 34.3. The lowest BCUT2D eigenvalue weighted by atomic mass is 9.55. The average molecular weight is 805 g/mol. The van der Waals surface area contributed by atoms with Crippen molar-refractivity contribution in [2.45, 2.75) is 99.6 Å². The Labute approximate surface area is 342 Å². The van der Waals surface area contributed by atoms with Crippen molar-refractivity contribution in [3.63, 3.8) is 0 Å². The van der Waals surface area contributed by atoms with Crippen LogP contribution < -0.4 is 9.47 Å². The molecule has 0 bridgehead atoms. The number of amides is 1. The van der Waals surface area contributed by atoms with E-state index >= 15 is 0 Å². The lowest BCUT2D eigenvalue weighted by Gasteiger charge is -2.59.